The molecule has 4 heterocycles. The van der Waals surface area contributed by atoms with Crippen molar-refractivity contribution in [3.05, 3.63) is 48.0 Å². The Kier molecular flexibility index (Phi) is 5.80. The minimum absolute atomic E-state index is 0.0581. The summed E-state index contributed by atoms with van der Waals surface area (Å²) in [5.41, 5.74) is 2.33. The number of piperidine rings is 1. The lowest BCUT2D eigenvalue weighted by molar-refractivity contribution is -0.136. The van der Waals surface area contributed by atoms with Crippen molar-refractivity contribution >= 4 is 11.7 Å². The first-order valence-electron chi connectivity index (χ1n) is 11.1. The number of hydrogen-bond donors (Lipinski definition) is 0. The zero-order valence-electron chi connectivity index (χ0n) is 18.8. The Morgan fingerprint density at radius 3 is 2.48 bits per heavy atom. The van der Waals surface area contributed by atoms with Crippen LogP contribution in [0.3, 0.4) is 0 Å². The van der Waals surface area contributed by atoms with Crippen molar-refractivity contribution < 1.29 is 14.3 Å². The van der Waals surface area contributed by atoms with Gasteiger partial charge in [0.25, 0.3) is 0 Å². The highest BCUT2D eigenvalue weighted by atomic mass is 16.5. The largest absolute Gasteiger partial charge is 0.493 e. The van der Waals surface area contributed by atoms with Gasteiger partial charge in [0.05, 0.1) is 20.1 Å². The van der Waals surface area contributed by atoms with Crippen LogP contribution in [0.2, 0.25) is 0 Å². The molecule has 0 radical (unpaired) electrons. The van der Waals surface area contributed by atoms with Gasteiger partial charge in [0.15, 0.2) is 23.1 Å². The number of aromatic nitrogens is 5. The van der Waals surface area contributed by atoms with Gasteiger partial charge in [-0.1, -0.05) is 0 Å². The maximum atomic E-state index is 13.4. The Balaban J connectivity index is 1.27. The minimum Gasteiger partial charge on any atom is -0.493 e. The third kappa shape index (κ3) is 4.20. The summed E-state index contributed by atoms with van der Waals surface area (Å²) >= 11 is 0. The molecule has 1 amide bonds. The fourth-order valence-electron chi connectivity index (χ4n) is 4.65. The highest BCUT2D eigenvalue weighted by Crippen LogP contribution is 2.34. The second-order valence-electron chi connectivity index (χ2n) is 8.36. The van der Waals surface area contributed by atoms with Crippen molar-refractivity contribution in [1.82, 2.24) is 29.9 Å². The number of benzene rings is 1. The van der Waals surface area contributed by atoms with Gasteiger partial charge in [-0.25, -0.2) is 9.67 Å². The molecule has 1 saturated heterocycles. The number of hydrogen-bond acceptors (Lipinski definition) is 8. The summed E-state index contributed by atoms with van der Waals surface area (Å²) in [5.74, 6) is 2.96. The monoisotopic (exact) mass is 449 g/mol. The van der Waals surface area contributed by atoms with Crippen molar-refractivity contribution in [2.75, 3.05) is 38.8 Å². The van der Waals surface area contributed by atoms with E-state index < -0.39 is 0 Å². The molecular weight excluding hydrogens is 422 g/mol. The Morgan fingerprint density at radius 1 is 1.03 bits per heavy atom. The maximum absolute atomic E-state index is 13.4. The lowest BCUT2D eigenvalue weighted by atomic mass is 9.93. The highest BCUT2D eigenvalue weighted by molar-refractivity contribution is 5.80. The topological polar surface area (TPSA) is 98.5 Å². The van der Waals surface area contributed by atoms with E-state index in [2.05, 4.69) is 25.2 Å². The van der Waals surface area contributed by atoms with Gasteiger partial charge in [-0.2, -0.15) is 5.10 Å². The highest BCUT2D eigenvalue weighted by Gasteiger charge is 2.32. The summed E-state index contributed by atoms with van der Waals surface area (Å²) in [6.07, 6.45) is 5.68. The third-order valence-corrected chi connectivity index (χ3v) is 6.41. The molecule has 3 aromatic rings. The molecule has 1 fully saturated rings. The zero-order chi connectivity index (χ0) is 22.8. The summed E-state index contributed by atoms with van der Waals surface area (Å²) in [7, 11) is 3.28. The van der Waals surface area contributed by atoms with Crippen LogP contribution in [-0.2, 0) is 17.8 Å². The first kappa shape index (κ1) is 21.2. The summed E-state index contributed by atoms with van der Waals surface area (Å²) in [6.45, 7) is 2.81. The van der Waals surface area contributed by atoms with Crippen LogP contribution in [0.25, 0.3) is 5.82 Å². The number of carbonyl (C=O) groups is 1. The smallest absolute Gasteiger partial charge is 0.227 e. The molecule has 2 aliphatic rings. The van der Waals surface area contributed by atoms with Gasteiger partial charge in [-0.15, -0.1) is 10.2 Å². The minimum atomic E-state index is -0.0581. The van der Waals surface area contributed by atoms with Crippen molar-refractivity contribution in [3.63, 3.8) is 0 Å². The molecule has 2 aromatic heterocycles. The molecule has 10 nitrogen and oxygen atoms in total. The van der Waals surface area contributed by atoms with Gasteiger partial charge in [-0.05, 0) is 54.7 Å². The molecule has 2 aliphatic heterocycles. The van der Waals surface area contributed by atoms with E-state index in [0.717, 1.165) is 42.9 Å². The molecule has 5 rings (SSSR count). The van der Waals surface area contributed by atoms with Gasteiger partial charge in [0.1, 0.15) is 12.7 Å². The lowest BCUT2D eigenvalue weighted by Crippen LogP contribution is -2.46. The second-order valence-corrected chi connectivity index (χ2v) is 8.36. The number of anilines is 1. The fourth-order valence-corrected chi connectivity index (χ4v) is 4.65. The van der Waals surface area contributed by atoms with Crippen molar-refractivity contribution in [2.45, 2.75) is 25.8 Å². The molecule has 1 unspecified atom stereocenters. The lowest BCUT2D eigenvalue weighted by Gasteiger charge is -2.37. The number of amides is 1. The van der Waals surface area contributed by atoms with Gasteiger partial charge >= 0.3 is 0 Å². The van der Waals surface area contributed by atoms with Crippen LogP contribution < -0.4 is 14.4 Å². The first-order chi connectivity index (χ1) is 16.2. The molecule has 0 saturated carbocycles. The van der Waals surface area contributed by atoms with E-state index in [-0.39, 0.29) is 11.8 Å². The molecule has 33 heavy (non-hydrogen) atoms. The first-order valence-corrected chi connectivity index (χ1v) is 11.1. The van der Waals surface area contributed by atoms with E-state index in [9.17, 15) is 4.79 Å². The van der Waals surface area contributed by atoms with Crippen molar-refractivity contribution in [2.24, 2.45) is 5.92 Å². The molecule has 1 aromatic carbocycles. The van der Waals surface area contributed by atoms with Crippen LogP contribution in [0.15, 0.2) is 36.9 Å². The number of methoxy groups -OCH3 is 2. The molecule has 0 bridgehead atoms. The fraction of sp³-hybridized carbons (Fsp3) is 0.435. The van der Waals surface area contributed by atoms with E-state index in [0.29, 0.717) is 31.2 Å². The van der Waals surface area contributed by atoms with E-state index >= 15 is 0 Å². The molecular formula is C23H27N7O3. The van der Waals surface area contributed by atoms with E-state index in [1.54, 1.807) is 25.2 Å². The molecule has 0 spiro atoms. The molecule has 10 heteroatoms. The van der Waals surface area contributed by atoms with Crippen LogP contribution in [0.5, 0.6) is 11.5 Å². The zero-order valence-corrected chi connectivity index (χ0v) is 18.8. The van der Waals surface area contributed by atoms with Crippen molar-refractivity contribution in [1.29, 1.82) is 0 Å². The Labute approximate surface area is 192 Å². The van der Waals surface area contributed by atoms with E-state index in [4.69, 9.17) is 9.47 Å². The summed E-state index contributed by atoms with van der Waals surface area (Å²) < 4.78 is 12.4. The summed E-state index contributed by atoms with van der Waals surface area (Å²) in [4.78, 5) is 21.5. The van der Waals surface area contributed by atoms with Crippen LogP contribution >= 0.6 is 0 Å². The van der Waals surface area contributed by atoms with Gasteiger partial charge in [-0.3, -0.25) is 4.79 Å². The molecule has 172 valence electrons. The molecule has 1 atom stereocenters. The molecule has 0 N–H and O–H groups in total. The van der Waals surface area contributed by atoms with Crippen molar-refractivity contribution in [3.8, 4) is 17.3 Å². The standard InChI is InChI=1S/C23H27N7O3/c1-32-19-10-16-7-9-29(13-18(16)11-20(19)33-2)23(31)17-4-3-8-28(12-17)21-5-6-22(27-26-21)30-15-24-14-25-30/h5-6,10-11,14-15,17H,3-4,7-9,12-13H2,1-2H3. The third-order valence-electron chi connectivity index (χ3n) is 6.41. The Bertz CT molecular complexity index is 1120. The number of carbonyl (C=O) groups excluding carboxylic acids is 1. The quantitative estimate of drug-likeness (QED) is 0.582. The number of ether oxygens (including phenoxy) is 2. The van der Waals surface area contributed by atoms with Gasteiger partial charge < -0.3 is 19.3 Å². The van der Waals surface area contributed by atoms with Crippen LogP contribution in [0.4, 0.5) is 5.82 Å². The molecule has 0 aliphatic carbocycles. The van der Waals surface area contributed by atoms with E-state index in [1.807, 2.05) is 29.2 Å². The average Bonchev–Trinajstić information content (AvgIpc) is 3.42. The second kappa shape index (κ2) is 9.05. The Morgan fingerprint density at radius 2 is 1.79 bits per heavy atom. The Hall–Kier alpha value is -3.69. The summed E-state index contributed by atoms with van der Waals surface area (Å²) in [6, 6.07) is 7.81. The van der Waals surface area contributed by atoms with Gasteiger partial charge in [0.2, 0.25) is 5.91 Å². The number of nitrogens with zero attached hydrogens (tertiary/aromatic N) is 7. The number of rotatable bonds is 5. The maximum Gasteiger partial charge on any atom is 0.227 e. The van der Waals surface area contributed by atoms with Crippen LogP contribution in [0, 0.1) is 5.92 Å². The predicted molar refractivity (Wildman–Crippen MR) is 121 cm³/mol. The van der Waals surface area contributed by atoms with Crippen LogP contribution in [0.1, 0.15) is 24.0 Å². The number of fused-ring (bicyclic) bond motifs is 1. The van der Waals surface area contributed by atoms with Gasteiger partial charge in [0, 0.05) is 26.2 Å². The normalized spacial score (nSPS) is 18.1. The van der Waals surface area contributed by atoms with Crippen LogP contribution in [-0.4, -0.2) is 69.6 Å². The average molecular weight is 450 g/mol. The van der Waals surface area contributed by atoms with E-state index in [1.165, 1.54) is 11.9 Å². The summed E-state index contributed by atoms with van der Waals surface area (Å²) in [5, 5.41) is 12.7. The SMILES string of the molecule is COc1cc2c(cc1OC)CN(C(=O)C1CCCN(c3ccc(-n4cncn4)nn3)C1)CC2. The predicted octanol–water partition coefficient (Wildman–Crippen LogP) is 1.88.